The normalized spacial score (nSPS) is 55.5. The van der Waals surface area contributed by atoms with Gasteiger partial charge >= 0.3 is 0 Å². The number of hydrogen-bond acceptors (Lipinski definition) is 0. The van der Waals surface area contributed by atoms with Gasteiger partial charge in [0, 0.05) is 0 Å². The lowest BCUT2D eigenvalue weighted by molar-refractivity contribution is 0.104. The van der Waals surface area contributed by atoms with Crippen molar-refractivity contribution in [3.63, 3.8) is 0 Å². The van der Waals surface area contributed by atoms with Crippen molar-refractivity contribution < 1.29 is 0 Å². The van der Waals surface area contributed by atoms with Crippen molar-refractivity contribution in [1.82, 2.24) is 0 Å². The molecular formula is C16H26. The van der Waals surface area contributed by atoms with E-state index in [4.69, 9.17) is 0 Å². The van der Waals surface area contributed by atoms with E-state index in [0.717, 1.165) is 22.7 Å². The lowest BCUT2D eigenvalue weighted by Crippen LogP contribution is -2.29. The fourth-order valence-corrected chi connectivity index (χ4v) is 6.05. The monoisotopic (exact) mass is 218 g/mol. The quantitative estimate of drug-likeness (QED) is 0.541. The van der Waals surface area contributed by atoms with Gasteiger partial charge in [-0.25, -0.2) is 0 Å². The largest absolute Gasteiger partial charge is 0.0522 e. The van der Waals surface area contributed by atoms with Crippen LogP contribution >= 0.6 is 0 Å². The molecule has 3 aliphatic carbocycles. The lowest BCUT2D eigenvalue weighted by atomic mass is 9.64. The van der Waals surface area contributed by atoms with Crippen molar-refractivity contribution in [3.05, 3.63) is 0 Å². The van der Waals surface area contributed by atoms with Gasteiger partial charge in [-0.3, -0.25) is 0 Å². The molecule has 3 fully saturated rings. The van der Waals surface area contributed by atoms with Crippen molar-refractivity contribution in [2.75, 3.05) is 0 Å². The summed E-state index contributed by atoms with van der Waals surface area (Å²) in [6, 6.07) is 0. The van der Waals surface area contributed by atoms with Crippen LogP contribution in [-0.4, -0.2) is 0 Å². The molecule has 3 saturated carbocycles. The van der Waals surface area contributed by atoms with E-state index < -0.39 is 0 Å². The highest BCUT2D eigenvalue weighted by Gasteiger charge is 2.49. The molecule has 2 bridgehead atoms. The summed E-state index contributed by atoms with van der Waals surface area (Å²) in [4.78, 5) is 0. The number of rotatable bonds is 0. The molecule has 0 heteroatoms. The van der Waals surface area contributed by atoms with E-state index in [0.29, 0.717) is 0 Å². The van der Waals surface area contributed by atoms with E-state index >= 15 is 0 Å². The summed E-state index contributed by atoms with van der Waals surface area (Å²) in [5.41, 5.74) is 1.67. The summed E-state index contributed by atoms with van der Waals surface area (Å²) in [6.07, 6.45) is 19.2. The van der Waals surface area contributed by atoms with Crippen LogP contribution in [0.2, 0.25) is 0 Å². The molecule has 3 rings (SSSR count). The zero-order valence-electron chi connectivity index (χ0n) is 10.6. The van der Waals surface area contributed by atoms with Gasteiger partial charge in [0.25, 0.3) is 0 Å². The van der Waals surface area contributed by atoms with Crippen LogP contribution in [0.1, 0.15) is 77.0 Å². The predicted molar refractivity (Wildman–Crippen MR) is 67.3 cm³/mol. The van der Waals surface area contributed by atoms with Crippen molar-refractivity contribution >= 4 is 0 Å². The summed E-state index contributed by atoms with van der Waals surface area (Å²) in [5, 5.41) is 0. The number of fused-ring (bicyclic) bond motifs is 2. The molecule has 0 saturated heterocycles. The van der Waals surface area contributed by atoms with E-state index in [-0.39, 0.29) is 0 Å². The van der Waals surface area contributed by atoms with Gasteiger partial charge in [0.05, 0.1) is 0 Å². The van der Waals surface area contributed by atoms with Crippen LogP contribution in [0, 0.1) is 22.7 Å². The molecule has 1 unspecified atom stereocenters. The molecule has 0 aromatic rings. The van der Waals surface area contributed by atoms with Gasteiger partial charge in [0.15, 0.2) is 0 Å². The Balaban J connectivity index is 1.82. The van der Waals surface area contributed by atoms with E-state index in [1.807, 2.05) is 0 Å². The standard InChI is InChI=1S/C16H26/c1-4-15-6-2-13-10-14(12-15)3-7-16(5-1,11-13)9-8-15/h13-14H,1-12H2/t13-,14+,15+,16?/m0/s1. The van der Waals surface area contributed by atoms with Gasteiger partial charge in [-0.15, -0.1) is 0 Å². The van der Waals surface area contributed by atoms with Gasteiger partial charge < -0.3 is 0 Å². The molecule has 0 radical (unpaired) electrons. The van der Waals surface area contributed by atoms with Crippen LogP contribution in [-0.2, 0) is 0 Å². The Morgan fingerprint density at radius 2 is 1.19 bits per heavy atom. The lowest BCUT2D eigenvalue weighted by Gasteiger charge is -2.41. The van der Waals surface area contributed by atoms with Crippen LogP contribution in [0.15, 0.2) is 0 Å². The third-order valence-electron chi connectivity index (χ3n) is 6.88. The summed E-state index contributed by atoms with van der Waals surface area (Å²) < 4.78 is 0. The molecule has 0 nitrogen and oxygen atoms in total. The molecule has 0 aromatic heterocycles. The first-order chi connectivity index (χ1) is 7.78. The van der Waals surface area contributed by atoms with Crippen molar-refractivity contribution in [1.29, 1.82) is 0 Å². The molecule has 0 amide bonds. The minimum atomic E-state index is 0.835. The Labute approximate surface area is 100 Å². The van der Waals surface area contributed by atoms with E-state index in [1.165, 1.54) is 0 Å². The molecule has 0 N–H and O–H groups in total. The summed E-state index contributed by atoms with van der Waals surface area (Å²) in [6.45, 7) is 0. The second-order valence-corrected chi connectivity index (χ2v) is 7.81. The molecule has 16 heavy (non-hydrogen) atoms. The van der Waals surface area contributed by atoms with Crippen LogP contribution in [0.5, 0.6) is 0 Å². The molecule has 2 spiro atoms. The summed E-state index contributed by atoms with van der Waals surface area (Å²) >= 11 is 0. The van der Waals surface area contributed by atoms with E-state index in [9.17, 15) is 0 Å². The topological polar surface area (TPSA) is 0 Å². The molecule has 4 atom stereocenters. The highest BCUT2D eigenvalue weighted by molar-refractivity contribution is 5.00. The third-order valence-corrected chi connectivity index (χ3v) is 6.88. The first-order valence-corrected chi connectivity index (χ1v) is 7.78. The zero-order chi connectivity index (χ0) is 10.6. The fourth-order valence-electron chi connectivity index (χ4n) is 6.05. The maximum Gasteiger partial charge on any atom is -0.0295 e. The van der Waals surface area contributed by atoms with Crippen molar-refractivity contribution in [2.45, 2.75) is 77.0 Å². The SMILES string of the molecule is C1CC23CC[C@@H]4C[C@H](CC[C@](C1)(CC2)C4)C3. The van der Waals surface area contributed by atoms with Crippen molar-refractivity contribution in [3.8, 4) is 0 Å². The van der Waals surface area contributed by atoms with E-state index in [1.54, 1.807) is 77.0 Å². The Kier molecular flexibility index (Phi) is 2.04. The zero-order valence-corrected chi connectivity index (χ0v) is 10.6. The van der Waals surface area contributed by atoms with Gasteiger partial charge in [0.1, 0.15) is 0 Å². The average Bonchev–Trinajstić information content (AvgIpc) is 2.54. The smallest absolute Gasteiger partial charge is 0.0295 e. The van der Waals surface area contributed by atoms with Gasteiger partial charge in [-0.2, -0.15) is 0 Å². The molecular weight excluding hydrogens is 192 g/mol. The van der Waals surface area contributed by atoms with Crippen LogP contribution in [0.3, 0.4) is 0 Å². The van der Waals surface area contributed by atoms with E-state index in [2.05, 4.69) is 0 Å². The number of hydrogen-bond donors (Lipinski definition) is 0. The fraction of sp³-hybridized carbons (Fsp3) is 1.00. The second-order valence-electron chi connectivity index (χ2n) is 7.81. The maximum atomic E-state index is 1.62. The first-order valence-electron chi connectivity index (χ1n) is 7.78. The van der Waals surface area contributed by atoms with Gasteiger partial charge in [-0.1, -0.05) is 6.42 Å². The third kappa shape index (κ3) is 1.41. The highest BCUT2D eigenvalue weighted by Crippen LogP contribution is 2.61. The molecule has 3 aliphatic rings. The Bertz CT molecular complexity index is 266. The second kappa shape index (κ2) is 3.27. The summed E-state index contributed by atoms with van der Waals surface area (Å²) in [7, 11) is 0. The molecule has 0 aromatic carbocycles. The predicted octanol–water partition coefficient (Wildman–Crippen LogP) is 4.93. The minimum Gasteiger partial charge on any atom is -0.0522 e. The van der Waals surface area contributed by atoms with Crippen LogP contribution < -0.4 is 0 Å². The molecule has 90 valence electrons. The first kappa shape index (κ1) is 9.97. The Morgan fingerprint density at radius 3 is 1.75 bits per heavy atom. The van der Waals surface area contributed by atoms with Gasteiger partial charge in [0.2, 0.25) is 0 Å². The Morgan fingerprint density at radius 1 is 0.625 bits per heavy atom. The molecule has 0 heterocycles. The molecule has 0 aliphatic heterocycles. The Hall–Kier alpha value is 0. The average molecular weight is 218 g/mol. The summed E-state index contributed by atoms with van der Waals surface area (Å²) in [5.74, 6) is 2.26. The maximum absolute atomic E-state index is 1.62. The highest BCUT2D eigenvalue weighted by atomic mass is 14.5. The van der Waals surface area contributed by atoms with Gasteiger partial charge in [-0.05, 0) is 93.3 Å². The van der Waals surface area contributed by atoms with Crippen LogP contribution in [0.4, 0.5) is 0 Å². The minimum absolute atomic E-state index is 0.835. The van der Waals surface area contributed by atoms with Crippen molar-refractivity contribution in [2.24, 2.45) is 22.7 Å². The van der Waals surface area contributed by atoms with Crippen LogP contribution in [0.25, 0.3) is 0 Å².